The number of hydrogen-bond donors (Lipinski definition) is 6. The number of ketones is 1. The van der Waals surface area contributed by atoms with Crippen LogP contribution in [0.3, 0.4) is 0 Å². The van der Waals surface area contributed by atoms with Crippen molar-refractivity contribution in [1.29, 1.82) is 0 Å². The Bertz CT molecular complexity index is 377. The molecule has 0 aliphatic heterocycles. The van der Waals surface area contributed by atoms with E-state index in [-0.39, 0.29) is 18.4 Å². The van der Waals surface area contributed by atoms with Gasteiger partial charge in [0.1, 0.15) is 24.1 Å². The molecule has 4 unspecified atom stereocenters. The number of rotatable bonds is 15. The second-order valence-electron chi connectivity index (χ2n) is 7.88. The Balaban J connectivity index is 4.08. The first kappa shape index (κ1) is 25.4. The van der Waals surface area contributed by atoms with E-state index in [9.17, 15) is 25.2 Å². The van der Waals surface area contributed by atoms with E-state index in [0.29, 0.717) is 18.2 Å². The lowest BCUT2D eigenvalue weighted by atomic mass is 9.84. The smallest absolute Gasteiger partial charge is 0.138 e. The first-order valence-corrected chi connectivity index (χ1v) is 9.69. The molecule has 0 heterocycles. The van der Waals surface area contributed by atoms with Crippen LogP contribution in [0, 0.1) is 17.8 Å². The SMILES string of the molecule is CC(C)C[C@@H](CCCCNCC(O)C(O)C(O)C(O)CO)C(=O)C(C)C. The van der Waals surface area contributed by atoms with Crippen molar-refractivity contribution in [2.45, 2.75) is 77.8 Å². The van der Waals surface area contributed by atoms with Gasteiger partial charge in [0.25, 0.3) is 0 Å². The highest BCUT2D eigenvalue weighted by molar-refractivity contribution is 5.82. The second-order valence-corrected chi connectivity index (χ2v) is 7.88. The normalized spacial score (nSPS) is 18.0. The zero-order valence-corrected chi connectivity index (χ0v) is 16.6. The van der Waals surface area contributed by atoms with Crippen LogP contribution < -0.4 is 5.32 Å². The van der Waals surface area contributed by atoms with Gasteiger partial charge in [-0.15, -0.1) is 0 Å². The number of carbonyl (C=O) groups is 1. The van der Waals surface area contributed by atoms with E-state index >= 15 is 0 Å². The minimum absolute atomic E-state index is 0.0502. The molecular formula is C19H39NO6. The number of aliphatic hydroxyl groups excluding tert-OH is 5. The topological polar surface area (TPSA) is 130 Å². The van der Waals surface area contributed by atoms with Gasteiger partial charge < -0.3 is 30.8 Å². The molecule has 0 aliphatic rings. The molecule has 6 N–H and O–H groups in total. The summed E-state index contributed by atoms with van der Waals surface area (Å²) in [6, 6.07) is 0. The average Bonchev–Trinajstić information content (AvgIpc) is 2.59. The molecule has 0 radical (unpaired) electrons. The lowest BCUT2D eigenvalue weighted by Crippen LogP contribution is -2.49. The molecular weight excluding hydrogens is 338 g/mol. The van der Waals surface area contributed by atoms with Crippen LogP contribution in [0.2, 0.25) is 0 Å². The first-order chi connectivity index (χ1) is 12.1. The highest BCUT2D eigenvalue weighted by Crippen LogP contribution is 2.22. The van der Waals surface area contributed by atoms with Crippen molar-refractivity contribution in [3.05, 3.63) is 0 Å². The number of aliphatic hydroxyl groups is 5. The minimum atomic E-state index is -1.60. The third-order valence-corrected chi connectivity index (χ3v) is 4.56. The zero-order valence-electron chi connectivity index (χ0n) is 16.6. The molecule has 156 valence electrons. The van der Waals surface area contributed by atoms with Gasteiger partial charge >= 0.3 is 0 Å². The predicted molar refractivity (Wildman–Crippen MR) is 101 cm³/mol. The van der Waals surface area contributed by atoms with Gasteiger partial charge in [0.05, 0.1) is 12.7 Å². The van der Waals surface area contributed by atoms with Crippen LogP contribution in [-0.4, -0.2) is 75.4 Å². The molecule has 26 heavy (non-hydrogen) atoms. The summed E-state index contributed by atoms with van der Waals surface area (Å²) in [5.41, 5.74) is 0. The number of carbonyl (C=O) groups excluding carboxylic acids is 1. The van der Waals surface area contributed by atoms with Gasteiger partial charge in [0, 0.05) is 18.4 Å². The summed E-state index contributed by atoms with van der Waals surface area (Å²) >= 11 is 0. The summed E-state index contributed by atoms with van der Waals surface area (Å²) < 4.78 is 0. The van der Waals surface area contributed by atoms with Crippen molar-refractivity contribution in [1.82, 2.24) is 5.32 Å². The van der Waals surface area contributed by atoms with Crippen molar-refractivity contribution < 1.29 is 30.3 Å². The molecule has 0 aromatic rings. The number of hydrogen-bond acceptors (Lipinski definition) is 7. The molecule has 5 atom stereocenters. The Morgan fingerprint density at radius 3 is 2.00 bits per heavy atom. The lowest BCUT2D eigenvalue weighted by molar-refractivity contribution is -0.126. The van der Waals surface area contributed by atoms with Crippen LogP contribution in [0.25, 0.3) is 0 Å². The third kappa shape index (κ3) is 9.94. The molecule has 0 spiro atoms. The fraction of sp³-hybridized carbons (Fsp3) is 0.947. The van der Waals surface area contributed by atoms with Gasteiger partial charge in [0.2, 0.25) is 0 Å². The minimum Gasteiger partial charge on any atom is -0.394 e. The third-order valence-electron chi connectivity index (χ3n) is 4.56. The molecule has 0 aromatic carbocycles. The summed E-state index contributed by atoms with van der Waals surface area (Å²) in [6.45, 7) is 8.11. The molecule has 0 aliphatic carbocycles. The molecule has 0 saturated carbocycles. The Labute approximate surface area is 157 Å². The van der Waals surface area contributed by atoms with E-state index in [4.69, 9.17) is 5.11 Å². The quantitative estimate of drug-likeness (QED) is 0.223. The van der Waals surface area contributed by atoms with E-state index in [1.807, 2.05) is 13.8 Å². The number of unbranched alkanes of at least 4 members (excludes halogenated alkanes) is 1. The molecule has 0 fully saturated rings. The summed E-state index contributed by atoms with van der Waals surface area (Å²) in [6.07, 6.45) is -2.39. The standard InChI is InChI=1S/C19H39NO6/c1-12(2)9-14(17(24)13(3)4)7-5-6-8-20-10-15(22)18(25)19(26)16(23)11-21/h12-16,18-23,25-26H,5-11H2,1-4H3/t14-,15?,16?,18?,19?/m1/s1. The van der Waals surface area contributed by atoms with Gasteiger partial charge in [-0.3, -0.25) is 4.79 Å². The Kier molecular flexibility index (Phi) is 13.3. The van der Waals surface area contributed by atoms with Crippen LogP contribution in [0.4, 0.5) is 0 Å². The monoisotopic (exact) mass is 377 g/mol. The summed E-state index contributed by atoms with van der Waals surface area (Å²) in [4.78, 5) is 12.3. The van der Waals surface area contributed by atoms with Crippen LogP contribution in [0.1, 0.15) is 53.4 Å². The largest absolute Gasteiger partial charge is 0.394 e. The Hall–Kier alpha value is -0.570. The average molecular weight is 378 g/mol. The lowest BCUT2D eigenvalue weighted by Gasteiger charge is -2.25. The van der Waals surface area contributed by atoms with Gasteiger partial charge in [-0.2, -0.15) is 0 Å². The molecule has 0 amide bonds. The number of nitrogens with one attached hydrogen (secondary N) is 1. The van der Waals surface area contributed by atoms with Crippen molar-refractivity contribution in [2.75, 3.05) is 19.7 Å². The van der Waals surface area contributed by atoms with E-state index in [2.05, 4.69) is 19.2 Å². The van der Waals surface area contributed by atoms with Crippen LogP contribution in [-0.2, 0) is 4.79 Å². The van der Waals surface area contributed by atoms with Gasteiger partial charge in [-0.25, -0.2) is 0 Å². The van der Waals surface area contributed by atoms with Gasteiger partial charge in [-0.1, -0.05) is 34.1 Å². The highest BCUT2D eigenvalue weighted by atomic mass is 16.4. The maximum atomic E-state index is 12.3. The summed E-state index contributed by atoms with van der Waals surface area (Å²) in [7, 11) is 0. The van der Waals surface area contributed by atoms with Crippen molar-refractivity contribution in [3.63, 3.8) is 0 Å². The van der Waals surface area contributed by atoms with E-state index in [0.717, 1.165) is 25.7 Å². The maximum Gasteiger partial charge on any atom is 0.138 e. The van der Waals surface area contributed by atoms with E-state index in [1.165, 1.54) is 0 Å². The molecule has 0 saturated heterocycles. The fourth-order valence-electron chi connectivity index (χ4n) is 2.99. The molecule has 0 bridgehead atoms. The maximum absolute atomic E-state index is 12.3. The van der Waals surface area contributed by atoms with Gasteiger partial charge in [-0.05, 0) is 31.7 Å². The highest BCUT2D eigenvalue weighted by Gasteiger charge is 2.29. The molecule has 7 heteroatoms. The Morgan fingerprint density at radius 1 is 0.923 bits per heavy atom. The van der Waals surface area contributed by atoms with Gasteiger partial charge in [0.15, 0.2) is 0 Å². The predicted octanol–water partition coefficient (Wildman–Crippen LogP) is 0.0696. The fourth-order valence-corrected chi connectivity index (χ4v) is 2.99. The molecule has 7 nitrogen and oxygen atoms in total. The van der Waals surface area contributed by atoms with Crippen molar-refractivity contribution >= 4 is 5.78 Å². The van der Waals surface area contributed by atoms with Crippen molar-refractivity contribution in [2.24, 2.45) is 17.8 Å². The van der Waals surface area contributed by atoms with Crippen molar-refractivity contribution in [3.8, 4) is 0 Å². The van der Waals surface area contributed by atoms with Crippen LogP contribution in [0.15, 0.2) is 0 Å². The summed E-state index contributed by atoms with van der Waals surface area (Å²) in [5, 5.41) is 50.1. The molecule has 0 aromatic heterocycles. The second kappa shape index (κ2) is 13.6. The summed E-state index contributed by atoms with van der Waals surface area (Å²) in [5.74, 6) is 0.950. The van der Waals surface area contributed by atoms with E-state index < -0.39 is 31.0 Å². The first-order valence-electron chi connectivity index (χ1n) is 9.69. The number of Topliss-reactive ketones (excluding diaryl/α,β-unsaturated/α-hetero) is 1. The molecule has 0 rings (SSSR count). The zero-order chi connectivity index (χ0) is 20.3. The Morgan fingerprint density at radius 2 is 1.50 bits per heavy atom. The van der Waals surface area contributed by atoms with Crippen LogP contribution >= 0.6 is 0 Å². The van der Waals surface area contributed by atoms with E-state index in [1.54, 1.807) is 0 Å². The van der Waals surface area contributed by atoms with Crippen LogP contribution in [0.5, 0.6) is 0 Å².